The van der Waals surface area contributed by atoms with Crippen LogP contribution in [0.15, 0.2) is 71.9 Å². The number of ether oxygens (including phenoxy) is 1. The second-order valence-electron chi connectivity index (χ2n) is 6.81. The van der Waals surface area contributed by atoms with Crippen molar-refractivity contribution in [3.05, 3.63) is 72.6 Å². The lowest BCUT2D eigenvalue weighted by atomic mass is 10.2. The Morgan fingerprint density at radius 3 is 2.00 bits per heavy atom. The zero-order chi connectivity index (χ0) is 23.1. The second kappa shape index (κ2) is 10.2. The van der Waals surface area contributed by atoms with E-state index in [2.05, 4.69) is 25.3 Å². The standard InChI is InChI=1S/C21H21N5O4S2/c1-14(2)30-19(27)15-4-6-16(7-5-15)24-21(31)25-17-8-10-18(11-9-17)32(28,29)26-20-22-12-3-13-23-20/h3-14H,1-2H3,(H,22,23,26)(H2,24,25,31). The van der Waals surface area contributed by atoms with Gasteiger partial charge in [-0.1, -0.05) is 0 Å². The third-order valence-electron chi connectivity index (χ3n) is 3.94. The Labute approximate surface area is 191 Å². The minimum atomic E-state index is -3.82. The van der Waals surface area contributed by atoms with Crippen molar-refractivity contribution in [2.75, 3.05) is 15.4 Å². The fourth-order valence-electron chi connectivity index (χ4n) is 2.51. The summed E-state index contributed by atoms with van der Waals surface area (Å²) in [5.41, 5.74) is 1.71. The zero-order valence-electron chi connectivity index (χ0n) is 17.3. The highest BCUT2D eigenvalue weighted by molar-refractivity contribution is 7.92. The van der Waals surface area contributed by atoms with Crippen LogP contribution in [0.1, 0.15) is 24.2 Å². The first-order valence-electron chi connectivity index (χ1n) is 9.52. The minimum absolute atomic E-state index is 0.0106. The lowest BCUT2D eigenvalue weighted by Gasteiger charge is -2.12. The molecule has 0 radical (unpaired) electrons. The summed E-state index contributed by atoms with van der Waals surface area (Å²) in [6.07, 6.45) is 2.69. The molecule has 0 saturated heterocycles. The van der Waals surface area contributed by atoms with Crippen molar-refractivity contribution in [1.82, 2.24) is 9.97 Å². The summed E-state index contributed by atoms with van der Waals surface area (Å²) >= 11 is 5.29. The molecular formula is C21H21N5O4S2. The Bertz CT molecular complexity index is 1180. The molecule has 0 aliphatic carbocycles. The summed E-state index contributed by atoms with van der Waals surface area (Å²) in [6.45, 7) is 3.57. The molecule has 1 aromatic heterocycles. The monoisotopic (exact) mass is 471 g/mol. The smallest absolute Gasteiger partial charge is 0.338 e. The number of anilines is 3. The van der Waals surface area contributed by atoms with Gasteiger partial charge in [-0.3, -0.25) is 0 Å². The molecule has 2 aromatic carbocycles. The predicted molar refractivity (Wildman–Crippen MR) is 126 cm³/mol. The van der Waals surface area contributed by atoms with Gasteiger partial charge in [0, 0.05) is 23.8 Å². The molecule has 0 aliphatic rings. The molecule has 0 fully saturated rings. The van der Waals surface area contributed by atoms with Gasteiger partial charge < -0.3 is 15.4 Å². The number of hydrogen-bond acceptors (Lipinski definition) is 7. The number of hydrogen-bond donors (Lipinski definition) is 3. The minimum Gasteiger partial charge on any atom is -0.459 e. The number of aromatic nitrogens is 2. The number of nitrogens with one attached hydrogen (secondary N) is 3. The van der Waals surface area contributed by atoms with E-state index < -0.39 is 16.0 Å². The number of carbonyl (C=O) groups is 1. The van der Waals surface area contributed by atoms with E-state index in [4.69, 9.17) is 17.0 Å². The van der Waals surface area contributed by atoms with Gasteiger partial charge in [0.25, 0.3) is 10.0 Å². The molecule has 9 nitrogen and oxygen atoms in total. The predicted octanol–water partition coefficient (Wildman–Crippen LogP) is 3.65. The van der Waals surface area contributed by atoms with E-state index in [9.17, 15) is 13.2 Å². The summed E-state index contributed by atoms with van der Waals surface area (Å²) in [6, 6.07) is 14.3. The molecule has 0 amide bonds. The number of rotatable bonds is 7. The van der Waals surface area contributed by atoms with Gasteiger partial charge in [-0.05, 0) is 80.7 Å². The molecule has 3 aromatic rings. The van der Waals surface area contributed by atoms with Gasteiger partial charge >= 0.3 is 5.97 Å². The summed E-state index contributed by atoms with van der Waals surface area (Å²) in [5.74, 6) is -0.404. The van der Waals surface area contributed by atoms with Crippen LogP contribution >= 0.6 is 12.2 Å². The van der Waals surface area contributed by atoms with E-state index in [-0.39, 0.29) is 16.9 Å². The summed E-state index contributed by atoms with van der Waals surface area (Å²) in [5, 5.41) is 6.27. The van der Waals surface area contributed by atoms with Gasteiger partial charge in [-0.15, -0.1) is 0 Å². The maximum Gasteiger partial charge on any atom is 0.338 e. The van der Waals surface area contributed by atoms with Crippen LogP contribution in [0.4, 0.5) is 17.3 Å². The average molecular weight is 472 g/mol. The van der Waals surface area contributed by atoms with E-state index >= 15 is 0 Å². The Morgan fingerprint density at radius 2 is 1.47 bits per heavy atom. The summed E-state index contributed by atoms with van der Waals surface area (Å²) in [4.78, 5) is 19.6. The van der Waals surface area contributed by atoms with Crippen molar-refractivity contribution >= 4 is 50.6 Å². The van der Waals surface area contributed by atoms with Gasteiger partial charge in [0.05, 0.1) is 16.6 Å². The first-order valence-corrected chi connectivity index (χ1v) is 11.4. The van der Waals surface area contributed by atoms with Crippen LogP contribution < -0.4 is 15.4 Å². The third-order valence-corrected chi connectivity index (χ3v) is 5.48. The van der Waals surface area contributed by atoms with E-state index in [1.807, 2.05) is 0 Å². The van der Waals surface area contributed by atoms with Crippen LogP contribution in [0.3, 0.4) is 0 Å². The highest BCUT2D eigenvalue weighted by Crippen LogP contribution is 2.17. The van der Waals surface area contributed by atoms with Crippen molar-refractivity contribution in [3.63, 3.8) is 0 Å². The van der Waals surface area contributed by atoms with E-state index in [0.29, 0.717) is 22.1 Å². The van der Waals surface area contributed by atoms with Crippen molar-refractivity contribution in [1.29, 1.82) is 0 Å². The van der Waals surface area contributed by atoms with Gasteiger partial charge in [-0.25, -0.2) is 27.9 Å². The molecule has 11 heteroatoms. The van der Waals surface area contributed by atoms with Crippen LogP contribution in [-0.4, -0.2) is 35.6 Å². The Kier molecular flexibility index (Phi) is 7.33. The number of thiocarbonyl (C=S) groups is 1. The zero-order valence-corrected chi connectivity index (χ0v) is 18.9. The molecule has 0 aliphatic heterocycles. The molecule has 0 saturated carbocycles. The van der Waals surface area contributed by atoms with Crippen LogP contribution in [0, 0.1) is 0 Å². The van der Waals surface area contributed by atoms with Gasteiger partial charge in [0.1, 0.15) is 0 Å². The molecule has 3 N–H and O–H groups in total. The fraction of sp³-hybridized carbons (Fsp3) is 0.143. The second-order valence-corrected chi connectivity index (χ2v) is 8.90. The molecule has 1 heterocycles. The van der Waals surface area contributed by atoms with Crippen LogP contribution in [-0.2, 0) is 14.8 Å². The molecule has 0 unspecified atom stereocenters. The quantitative estimate of drug-likeness (QED) is 0.350. The molecule has 0 atom stereocenters. The molecule has 166 valence electrons. The molecular weight excluding hydrogens is 450 g/mol. The van der Waals surface area contributed by atoms with E-state index in [1.54, 1.807) is 56.3 Å². The van der Waals surface area contributed by atoms with E-state index in [1.165, 1.54) is 24.5 Å². The van der Waals surface area contributed by atoms with Crippen molar-refractivity contribution in [2.45, 2.75) is 24.8 Å². The fourth-order valence-corrected chi connectivity index (χ4v) is 3.71. The van der Waals surface area contributed by atoms with Gasteiger partial charge in [0.2, 0.25) is 5.95 Å². The van der Waals surface area contributed by atoms with Crippen LogP contribution in [0.2, 0.25) is 0 Å². The first-order chi connectivity index (χ1) is 15.2. The molecule has 0 bridgehead atoms. The maximum atomic E-state index is 12.4. The average Bonchev–Trinajstić information content (AvgIpc) is 2.74. The molecule has 0 spiro atoms. The summed E-state index contributed by atoms with van der Waals surface area (Å²) < 4.78 is 32.3. The molecule has 32 heavy (non-hydrogen) atoms. The number of carbonyl (C=O) groups excluding carboxylic acids is 1. The lowest BCUT2D eigenvalue weighted by Crippen LogP contribution is -2.19. The Morgan fingerprint density at radius 1 is 0.938 bits per heavy atom. The summed E-state index contributed by atoms with van der Waals surface area (Å²) in [7, 11) is -3.82. The molecule has 3 rings (SSSR count). The maximum absolute atomic E-state index is 12.4. The topological polar surface area (TPSA) is 122 Å². The number of benzene rings is 2. The van der Waals surface area contributed by atoms with Crippen molar-refractivity contribution in [3.8, 4) is 0 Å². The number of sulfonamides is 1. The Hall–Kier alpha value is -3.57. The van der Waals surface area contributed by atoms with E-state index in [0.717, 1.165) is 0 Å². The normalized spacial score (nSPS) is 11.0. The van der Waals surface area contributed by atoms with Crippen LogP contribution in [0.5, 0.6) is 0 Å². The van der Waals surface area contributed by atoms with Gasteiger partial charge in [0.15, 0.2) is 5.11 Å². The SMILES string of the molecule is CC(C)OC(=O)c1ccc(NC(=S)Nc2ccc(S(=O)(=O)Nc3ncccn3)cc2)cc1. The van der Waals surface area contributed by atoms with Crippen LogP contribution in [0.25, 0.3) is 0 Å². The van der Waals surface area contributed by atoms with Crippen molar-refractivity contribution in [2.24, 2.45) is 0 Å². The highest BCUT2D eigenvalue weighted by atomic mass is 32.2. The Balaban J connectivity index is 1.58. The number of esters is 1. The lowest BCUT2D eigenvalue weighted by molar-refractivity contribution is 0.0378. The van der Waals surface area contributed by atoms with Gasteiger partial charge in [-0.2, -0.15) is 0 Å². The number of nitrogens with zero attached hydrogens (tertiary/aromatic N) is 2. The largest absolute Gasteiger partial charge is 0.459 e. The third kappa shape index (κ3) is 6.46. The first kappa shape index (κ1) is 23.1. The van der Waals surface area contributed by atoms with Crippen molar-refractivity contribution < 1.29 is 17.9 Å². The highest BCUT2D eigenvalue weighted by Gasteiger charge is 2.15.